The maximum atomic E-state index is 6.17. The fourth-order valence-electron chi connectivity index (χ4n) is 1.90. The van der Waals surface area contributed by atoms with Crippen LogP contribution in [-0.2, 0) is 6.42 Å². The van der Waals surface area contributed by atoms with E-state index >= 15 is 0 Å². The largest absolute Gasteiger partial charge is 0.449 e. The molecule has 0 radical (unpaired) electrons. The summed E-state index contributed by atoms with van der Waals surface area (Å²) >= 11 is 0. The van der Waals surface area contributed by atoms with Crippen molar-refractivity contribution in [3.8, 4) is 0 Å². The Hall–Kier alpha value is -2.41. The van der Waals surface area contributed by atoms with Crippen molar-refractivity contribution in [2.75, 3.05) is 0 Å². The molecule has 0 saturated carbocycles. The second kappa shape index (κ2) is 5.07. The van der Waals surface area contributed by atoms with Gasteiger partial charge >= 0.3 is 0 Å². The first kappa shape index (κ1) is 11.7. The highest BCUT2D eigenvalue weighted by Gasteiger charge is 2.29. The van der Waals surface area contributed by atoms with Gasteiger partial charge in [-0.15, -0.1) is 0 Å². The number of rotatable bonds is 5. The van der Waals surface area contributed by atoms with Crippen LogP contribution in [0.1, 0.15) is 29.6 Å². The lowest BCUT2D eigenvalue weighted by Crippen LogP contribution is -2.22. The van der Waals surface area contributed by atoms with Gasteiger partial charge < -0.3 is 19.0 Å². The molecular formula is C12H12N4O3. The molecule has 2 atom stereocenters. The Kier molecular flexibility index (Phi) is 3.11. The number of aromatic nitrogens is 3. The molecule has 0 spiro atoms. The lowest BCUT2D eigenvalue weighted by Gasteiger charge is -2.16. The molecule has 3 heterocycles. The molecule has 0 aliphatic rings. The van der Waals surface area contributed by atoms with Gasteiger partial charge in [-0.05, 0) is 0 Å². The van der Waals surface area contributed by atoms with E-state index in [2.05, 4.69) is 15.0 Å². The summed E-state index contributed by atoms with van der Waals surface area (Å²) in [6.45, 7) is 0. The molecule has 0 amide bonds. The van der Waals surface area contributed by atoms with Crippen molar-refractivity contribution < 1.29 is 13.3 Å². The van der Waals surface area contributed by atoms with Crippen LogP contribution in [0.3, 0.4) is 0 Å². The van der Waals surface area contributed by atoms with Gasteiger partial charge in [0.25, 0.3) is 0 Å². The zero-order valence-corrected chi connectivity index (χ0v) is 9.97. The topological polar surface area (TPSA) is 104 Å². The second-order valence-electron chi connectivity index (χ2n) is 4.00. The average molecular weight is 260 g/mol. The molecule has 3 rings (SSSR count). The Morgan fingerprint density at radius 2 is 1.53 bits per heavy atom. The number of nitrogens with zero attached hydrogens (tertiary/aromatic N) is 3. The van der Waals surface area contributed by atoms with Crippen molar-refractivity contribution >= 4 is 0 Å². The third-order valence-electron chi connectivity index (χ3n) is 2.82. The van der Waals surface area contributed by atoms with Crippen molar-refractivity contribution in [2.24, 2.45) is 5.73 Å². The molecule has 7 heteroatoms. The summed E-state index contributed by atoms with van der Waals surface area (Å²) < 4.78 is 15.8. The standard InChI is InChI=1S/C12H12N4O3/c13-10(12-16-3-6-19-12)8(11-15-2-5-18-11)7-9-14-1-4-17-9/h1-6,8,10H,7,13H2. The normalized spacial score (nSPS) is 14.4. The van der Waals surface area contributed by atoms with Crippen molar-refractivity contribution in [3.63, 3.8) is 0 Å². The Labute approximate surface area is 108 Å². The lowest BCUT2D eigenvalue weighted by molar-refractivity contribution is 0.338. The van der Waals surface area contributed by atoms with Crippen LogP contribution in [-0.4, -0.2) is 15.0 Å². The van der Waals surface area contributed by atoms with E-state index in [0.29, 0.717) is 24.1 Å². The van der Waals surface area contributed by atoms with Crippen molar-refractivity contribution in [1.82, 2.24) is 15.0 Å². The lowest BCUT2D eigenvalue weighted by atomic mass is 9.96. The molecule has 0 aromatic carbocycles. The molecule has 0 saturated heterocycles. The minimum atomic E-state index is -0.486. The zero-order chi connectivity index (χ0) is 13.1. The van der Waals surface area contributed by atoms with Crippen molar-refractivity contribution in [2.45, 2.75) is 18.4 Å². The van der Waals surface area contributed by atoms with E-state index in [-0.39, 0.29) is 5.92 Å². The summed E-state index contributed by atoms with van der Waals surface area (Å²) in [5.74, 6) is 1.23. The molecule has 3 aromatic rings. The van der Waals surface area contributed by atoms with Gasteiger partial charge in [0.15, 0.2) is 11.8 Å². The van der Waals surface area contributed by atoms with Crippen molar-refractivity contribution in [1.29, 1.82) is 0 Å². The number of oxazole rings is 3. The Morgan fingerprint density at radius 3 is 2.11 bits per heavy atom. The first-order valence-electron chi connectivity index (χ1n) is 5.77. The molecule has 0 bridgehead atoms. The molecule has 19 heavy (non-hydrogen) atoms. The van der Waals surface area contributed by atoms with E-state index in [4.69, 9.17) is 19.0 Å². The summed E-state index contributed by atoms with van der Waals surface area (Å²) in [6, 6.07) is -0.486. The maximum absolute atomic E-state index is 6.17. The van der Waals surface area contributed by atoms with E-state index < -0.39 is 6.04 Å². The average Bonchev–Trinajstić information content (AvgIpc) is 3.15. The quantitative estimate of drug-likeness (QED) is 0.744. The predicted octanol–water partition coefficient (Wildman–Crippen LogP) is 1.68. The SMILES string of the molecule is NC(c1ncco1)C(Cc1ncco1)c1ncco1. The highest BCUT2D eigenvalue weighted by Crippen LogP contribution is 2.30. The summed E-state index contributed by atoms with van der Waals surface area (Å²) in [5, 5.41) is 0. The van der Waals surface area contributed by atoms with Gasteiger partial charge in [0.2, 0.25) is 5.89 Å². The van der Waals surface area contributed by atoms with Crippen LogP contribution in [0.25, 0.3) is 0 Å². The van der Waals surface area contributed by atoms with Gasteiger partial charge in [-0.1, -0.05) is 0 Å². The van der Waals surface area contributed by atoms with Crippen LogP contribution in [0.15, 0.2) is 50.6 Å². The van der Waals surface area contributed by atoms with Gasteiger partial charge in [-0.25, -0.2) is 15.0 Å². The molecule has 7 nitrogen and oxygen atoms in total. The smallest absolute Gasteiger partial charge is 0.211 e. The first-order valence-corrected chi connectivity index (χ1v) is 5.77. The minimum Gasteiger partial charge on any atom is -0.449 e. The third kappa shape index (κ3) is 2.41. The van der Waals surface area contributed by atoms with Crippen LogP contribution in [0, 0.1) is 0 Å². The van der Waals surface area contributed by atoms with Gasteiger partial charge in [-0.3, -0.25) is 0 Å². The van der Waals surface area contributed by atoms with E-state index in [1.807, 2.05) is 0 Å². The highest BCUT2D eigenvalue weighted by atomic mass is 16.4. The van der Waals surface area contributed by atoms with E-state index in [1.54, 1.807) is 18.6 Å². The Bertz CT molecular complexity index is 589. The van der Waals surface area contributed by atoms with E-state index in [9.17, 15) is 0 Å². The molecule has 2 N–H and O–H groups in total. The van der Waals surface area contributed by atoms with E-state index in [0.717, 1.165) is 0 Å². The summed E-state index contributed by atoms with van der Waals surface area (Å²) in [5.41, 5.74) is 6.17. The number of hydrogen-bond acceptors (Lipinski definition) is 7. The van der Waals surface area contributed by atoms with Gasteiger partial charge in [0.1, 0.15) is 18.8 Å². The molecule has 0 aliphatic heterocycles. The molecular weight excluding hydrogens is 248 g/mol. The molecule has 2 unspecified atom stereocenters. The van der Waals surface area contributed by atoms with Crippen LogP contribution in [0.2, 0.25) is 0 Å². The fraction of sp³-hybridized carbons (Fsp3) is 0.250. The van der Waals surface area contributed by atoms with Crippen LogP contribution >= 0.6 is 0 Å². The Balaban J connectivity index is 1.88. The second-order valence-corrected chi connectivity index (χ2v) is 4.00. The van der Waals surface area contributed by atoms with Gasteiger partial charge in [-0.2, -0.15) is 0 Å². The Morgan fingerprint density at radius 1 is 0.895 bits per heavy atom. The molecule has 0 aliphatic carbocycles. The number of hydrogen-bond donors (Lipinski definition) is 1. The molecule has 3 aromatic heterocycles. The third-order valence-corrected chi connectivity index (χ3v) is 2.82. The summed E-state index contributed by atoms with van der Waals surface area (Å²) in [7, 11) is 0. The van der Waals surface area contributed by atoms with Gasteiger partial charge in [0.05, 0.1) is 30.6 Å². The zero-order valence-electron chi connectivity index (χ0n) is 9.97. The van der Waals surface area contributed by atoms with Crippen LogP contribution in [0.5, 0.6) is 0 Å². The fourth-order valence-corrected chi connectivity index (χ4v) is 1.90. The predicted molar refractivity (Wildman–Crippen MR) is 62.9 cm³/mol. The van der Waals surface area contributed by atoms with Gasteiger partial charge in [0, 0.05) is 6.42 Å². The van der Waals surface area contributed by atoms with Crippen LogP contribution in [0.4, 0.5) is 0 Å². The van der Waals surface area contributed by atoms with E-state index in [1.165, 1.54) is 18.8 Å². The number of nitrogens with two attached hydrogens (primary N) is 1. The monoisotopic (exact) mass is 260 g/mol. The minimum absolute atomic E-state index is 0.257. The first-order chi connectivity index (χ1) is 9.34. The summed E-state index contributed by atoms with van der Waals surface area (Å²) in [4.78, 5) is 12.3. The maximum Gasteiger partial charge on any atom is 0.211 e. The molecule has 0 fully saturated rings. The highest BCUT2D eigenvalue weighted by molar-refractivity contribution is 5.07. The molecule has 98 valence electrons. The van der Waals surface area contributed by atoms with Crippen LogP contribution < -0.4 is 5.73 Å². The summed E-state index contributed by atoms with van der Waals surface area (Å²) in [6.07, 6.45) is 9.65. The van der Waals surface area contributed by atoms with Crippen molar-refractivity contribution in [3.05, 3.63) is 55.1 Å².